The van der Waals surface area contributed by atoms with Gasteiger partial charge in [0.2, 0.25) is 5.91 Å². The number of nitrogens with one attached hydrogen (secondary N) is 2. The second-order valence-corrected chi connectivity index (χ2v) is 9.48. The smallest absolute Gasteiger partial charge is 0.262 e. The Hall–Kier alpha value is -3.86. The van der Waals surface area contributed by atoms with Crippen LogP contribution in [0.3, 0.4) is 0 Å². The zero-order valence-electron chi connectivity index (χ0n) is 17.3. The lowest BCUT2D eigenvalue weighted by Gasteiger charge is -2.29. The molecule has 5 rings (SSSR count). The number of anilines is 1. The summed E-state index contributed by atoms with van der Waals surface area (Å²) in [6, 6.07) is 7.37. The van der Waals surface area contributed by atoms with Gasteiger partial charge in [-0.05, 0) is 43.2 Å². The Bertz CT molecular complexity index is 1340. The number of carbonyl (C=O) groups is 3. The number of fused-ring (bicyclic) bond motifs is 2. The predicted octanol–water partition coefficient (Wildman–Crippen LogP) is 1.65. The third-order valence-corrected chi connectivity index (χ3v) is 7.01. The molecule has 1 atom stereocenters. The first-order valence-corrected chi connectivity index (χ1v) is 11.7. The minimum absolute atomic E-state index is 0.0274. The van der Waals surface area contributed by atoms with E-state index in [0.717, 1.165) is 4.90 Å². The third kappa shape index (κ3) is 3.59. The van der Waals surface area contributed by atoms with E-state index in [2.05, 4.69) is 16.6 Å². The zero-order chi connectivity index (χ0) is 23.3. The molecule has 3 amide bonds. The molecular formula is C22H19N3O7S. The summed E-state index contributed by atoms with van der Waals surface area (Å²) >= 11 is 0. The molecule has 33 heavy (non-hydrogen) atoms. The van der Waals surface area contributed by atoms with Crippen molar-refractivity contribution >= 4 is 33.4 Å². The molecule has 0 aromatic heterocycles. The van der Waals surface area contributed by atoms with Crippen molar-refractivity contribution in [1.29, 1.82) is 0 Å². The third-order valence-electron chi connectivity index (χ3n) is 5.63. The number of hydrogen-bond donors (Lipinski definition) is 2. The summed E-state index contributed by atoms with van der Waals surface area (Å²) in [5, 5.41) is 2.57. The molecule has 2 aromatic carbocycles. The van der Waals surface area contributed by atoms with Gasteiger partial charge in [-0.15, -0.1) is 0 Å². The number of piperidine rings is 1. The number of ether oxygens (including phenoxy) is 2. The Morgan fingerprint density at radius 3 is 2.45 bits per heavy atom. The van der Waals surface area contributed by atoms with Crippen molar-refractivity contribution in [3.8, 4) is 11.5 Å². The van der Waals surface area contributed by atoms with Crippen molar-refractivity contribution in [3.63, 3.8) is 0 Å². The van der Waals surface area contributed by atoms with Crippen LogP contribution in [0.5, 0.6) is 11.5 Å². The molecule has 1 unspecified atom stereocenters. The van der Waals surface area contributed by atoms with Crippen molar-refractivity contribution in [2.75, 3.05) is 17.9 Å². The Morgan fingerprint density at radius 2 is 1.70 bits per heavy atom. The fourth-order valence-electron chi connectivity index (χ4n) is 4.02. The van der Waals surface area contributed by atoms with Crippen molar-refractivity contribution in [1.82, 2.24) is 10.2 Å². The van der Waals surface area contributed by atoms with Crippen LogP contribution in [-0.2, 0) is 14.8 Å². The van der Waals surface area contributed by atoms with Crippen LogP contribution in [0.2, 0.25) is 0 Å². The summed E-state index contributed by atoms with van der Waals surface area (Å²) < 4.78 is 39.0. The maximum Gasteiger partial charge on any atom is 0.262 e. The number of hydrogen-bond acceptors (Lipinski definition) is 7. The first kappa shape index (κ1) is 21.0. The van der Waals surface area contributed by atoms with Crippen LogP contribution in [0.4, 0.5) is 5.69 Å². The summed E-state index contributed by atoms with van der Waals surface area (Å²) in [5.74, 6) is -0.938. The normalized spacial score (nSPS) is 19.9. The van der Waals surface area contributed by atoms with E-state index in [9.17, 15) is 22.8 Å². The van der Waals surface area contributed by atoms with Crippen LogP contribution >= 0.6 is 0 Å². The topological polar surface area (TPSA) is 131 Å². The van der Waals surface area contributed by atoms with Crippen LogP contribution in [0.25, 0.3) is 0 Å². The Kier molecular flexibility index (Phi) is 4.85. The van der Waals surface area contributed by atoms with Gasteiger partial charge in [0.05, 0.1) is 16.0 Å². The van der Waals surface area contributed by atoms with E-state index in [0.29, 0.717) is 36.8 Å². The number of allylic oxidation sites excluding steroid dienone is 1. The van der Waals surface area contributed by atoms with Gasteiger partial charge in [0.25, 0.3) is 21.8 Å². The van der Waals surface area contributed by atoms with Crippen LogP contribution < -0.4 is 19.5 Å². The number of sulfonamides is 1. The molecule has 0 spiro atoms. The van der Waals surface area contributed by atoms with E-state index in [1.807, 2.05) is 0 Å². The van der Waals surface area contributed by atoms with Crippen LogP contribution in [-0.4, -0.2) is 50.3 Å². The van der Waals surface area contributed by atoms with Crippen molar-refractivity contribution < 1.29 is 32.3 Å². The Morgan fingerprint density at radius 1 is 0.970 bits per heavy atom. The van der Waals surface area contributed by atoms with Gasteiger partial charge >= 0.3 is 0 Å². The largest absolute Gasteiger partial charge is 0.486 e. The van der Waals surface area contributed by atoms with Gasteiger partial charge < -0.3 is 14.8 Å². The molecule has 3 aliphatic rings. The van der Waals surface area contributed by atoms with Gasteiger partial charge in [0.15, 0.2) is 11.5 Å². The fraction of sp³-hybridized carbons (Fsp3) is 0.227. The maximum atomic E-state index is 13.0. The molecule has 11 heteroatoms. The molecule has 10 nitrogen and oxygen atoms in total. The van der Waals surface area contributed by atoms with E-state index >= 15 is 0 Å². The highest BCUT2D eigenvalue weighted by atomic mass is 32.2. The maximum absolute atomic E-state index is 13.0. The molecule has 0 aliphatic carbocycles. The van der Waals surface area contributed by atoms with Crippen LogP contribution in [0.15, 0.2) is 53.6 Å². The molecular weight excluding hydrogens is 450 g/mol. The first-order chi connectivity index (χ1) is 15.7. The van der Waals surface area contributed by atoms with Crippen molar-refractivity contribution in [3.05, 3.63) is 59.8 Å². The van der Waals surface area contributed by atoms with Gasteiger partial charge in [-0.3, -0.25) is 24.0 Å². The zero-order valence-corrected chi connectivity index (χ0v) is 18.1. The monoisotopic (exact) mass is 469 g/mol. The average molecular weight is 469 g/mol. The molecule has 0 radical (unpaired) electrons. The van der Waals surface area contributed by atoms with Crippen LogP contribution in [0.1, 0.15) is 33.6 Å². The van der Waals surface area contributed by atoms with E-state index in [1.165, 1.54) is 36.4 Å². The van der Waals surface area contributed by atoms with Gasteiger partial charge in [0, 0.05) is 17.5 Å². The number of rotatable bonds is 4. The Balaban J connectivity index is 1.40. The van der Waals surface area contributed by atoms with Crippen molar-refractivity contribution in [2.24, 2.45) is 0 Å². The number of imide groups is 1. The molecule has 0 saturated carbocycles. The highest BCUT2D eigenvalue weighted by Crippen LogP contribution is 2.34. The lowest BCUT2D eigenvalue weighted by Crippen LogP contribution is -2.51. The number of amides is 3. The van der Waals surface area contributed by atoms with Crippen molar-refractivity contribution in [2.45, 2.75) is 23.8 Å². The van der Waals surface area contributed by atoms with Crippen LogP contribution in [0, 0.1) is 0 Å². The molecule has 170 valence electrons. The lowest BCUT2D eigenvalue weighted by molar-refractivity contribution is -0.125. The molecule has 1 fully saturated rings. The second kappa shape index (κ2) is 7.62. The molecule has 1 saturated heterocycles. The van der Waals surface area contributed by atoms with E-state index in [4.69, 9.17) is 9.47 Å². The molecule has 3 aliphatic heterocycles. The highest BCUT2D eigenvalue weighted by molar-refractivity contribution is 7.92. The minimum Gasteiger partial charge on any atom is -0.486 e. The van der Waals surface area contributed by atoms with E-state index in [1.54, 1.807) is 0 Å². The minimum atomic E-state index is -4.01. The van der Waals surface area contributed by atoms with Gasteiger partial charge in [-0.25, -0.2) is 8.42 Å². The summed E-state index contributed by atoms with van der Waals surface area (Å²) in [4.78, 5) is 39.0. The van der Waals surface area contributed by atoms with Gasteiger partial charge in [-0.2, -0.15) is 0 Å². The number of benzene rings is 2. The quantitative estimate of drug-likeness (QED) is 0.651. The SMILES string of the molecule is C=C1CCC(N2C(=O)c3ccc(NS(=O)(=O)c4ccc5c(c4)OCCO5)cc3C2=O)C(=O)N1. The van der Waals surface area contributed by atoms with E-state index < -0.39 is 33.8 Å². The molecule has 2 N–H and O–H groups in total. The number of nitrogens with zero attached hydrogens (tertiary/aromatic N) is 1. The molecule has 2 aromatic rings. The summed E-state index contributed by atoms with van der Waals surface area (Å²) in [6.45, 7) is 4.39. The summed E-state index contributed by atoms with van der Waals surface area (Å²) in [7, 11) is -4.01. The average Bonchev–Trinajstić information content (AvgIpc) is 3.03. The summed E-state index contributed by atoms with van der Waals surface area (Å²) in [5.41, 5.74) is 0.774. The fourth-order valence-corrected chi connectivity index (χ4v) is 5.08. The second-order valence-electron chi connectivity index (χ2n) is 7.80. The number of carbonyl (C=O) groups excluding carboxylic acids is 3. The highest BCUT2D eigenvalue weighted by Gasteiger charge is 2.44. The van der Waals surface area contributed by atoms with Gasteiger partial charge in [0.1, 0.15) is 19.3 Å². The predicted molar refractivity (Wildman–Crippen MR) is 115 cm³/mol. The first-order valence-electron chi connectivity index (χ1n) is 10.2. The lowest BCUT2D eigenvalue weighted by atomic mass is 10.0. The van der Waals surface area contributed by atoms with E-state index in [-0.39, 0.29) is 28.1 Å². The standard InChI is InChI=1S/C22H19N3O7S/c1-12-2-6-17(20(26)23-12)25-21(27)15-5-3-13(10-16(15)22(25)28)24-33(29,30)14-4-7-18-19(11-14)32-9-8-31-18/h3-5,7,10-11,17,24H,1-2,6,8-9H2,(H,23,26). The molecule has 0 bridgehead atoms. The Labute approximate surface area is 189 Å². The van der Waals surface area contributed by atoms with Gasteiger partial charge in [-0.1, -0.05) is 6.58 Å². The summed E-state index contributed by atoms with van der Waals surface area (Å²) in [6.07, 6.45) is 0.726. The molecule has 3 heterocycles.